The first-order chi connectivity index (χ1) is 17.0. The van der Waals surface area contributed by atoms with Crippen molar-refractivity contribution in [3.63, 3.8) is 0 Å². The van der Waals surface area contributed by atoms with Crippen LogP contribution in [-0.2, 0) is 4.79 Å². The monoisotopic (exact) mass is 518 g/mol. The Labute approximate surface area is 217 Å². The third-order valence-corrected chi connectivity index (χ3v) is 6.92. The van der Waals surface area contributed by atoms with E-state index in [0.717, 1.165) is 22.1 Å². The Bertz CT molecular complexity index is 1470. The zero-order valence-electron chi connectivity index (χ0n) is 18.7. The van der Waals surface area contributed by atoms with Crippen LogP contribution in [0.2, 0.25) is 10.0 Å². The number of halogens is 2. The Hall–Kier alpha value is -3.25. The van der Waals surface area contributed by atoms with Crippen molar-refractivity contribution in [2.45, 2.75) is 6.92 Å². The van der Waals surface area contributed by atoms with E-state index in [1.54, 1.807) is 29.2 Å². The molecule has 1 amide bonds. The van der Waals surface area contributed by atoms with Gasteiger partial charge < -0.3 is 4.74 Å². The Morgan fingerprint density at radius 2 is 1.60 bits per heavy atom. The molecule has 1 aliphatic heterocycles. The Kier molecular flexibility index (Phi) is 6.82. The molecule has 4 nitrogen and oxygen atoms in total. The summed E-state index contributed by atoms with van der Waals surface area (Å²) in [6.45, 7) is 2.47. The number of fused-ring (bicyclic) bond motifs is 1. The molecule has 1 heterocycles. The highest BCUT2D eigenvalue weighted by Crippen LogP contribution is 2.40. The maximum absolute atomic E-state index is 13.7. The van der Waals surface area contributed by atoms with Crippen LogP contribution in [0.1, 0.15) is 12.5 Å². The molecule has 0 N–H and O–H groups in total. The normalized spacial score (nSPS) is 16.0. The van der Waals surface area contributed by atoms with Gasteiger partial charge in [0.05, 0.1) is 22.9 Å². The van der Waals surface area contributed by atoms with E-state index in [1.165, 1.54) is 11.8 Å². The summed E-state index contributed by atoms with van der Waals surface area (Å²) in [6.07, 6.45) is 1.90. The second-order valence-corrected chi connectivity index (χ2v) is 9.61. The number of aliphatic imine (C=N–C) groups is 1. The minimum absolute atomic E-state index is 0.166. The highest BCUT2D eigenvalue weighted by atomic mass is 35.5. The number of anilines is 1. The smallest absolute Gasteiger partial charge is 0.271 e. The first kappa shape index (κ1) is 23.5. The number of hydrogen-bond donors (Lipinski definition) is 0. The topological polar surface area (TPSA) is 41.9 Å². The van der Waals surface area contributed by atoms with Crippen molar-refractivity contribution < 1.29 is 9.53 Å². The van der Waals surface area contributed by atoms with E-state index >= 15 is 0 Å². The van der Waals surface area contributed by atoms with Gasteiger partial charge in [-0.1, -0.05) is 53.5 Å². The standard InChI is InChI=1S/C28H20Cl2N2O2S/c1-2-34-25-16-7-18-5-3-4-6-23(18)24(25)17-26-27(33)32(22-14-10-20(30)11-15-22)28(35-26)31-21-12-8-19(29)9-13-21/h3-17H,2H2,1H3/b26-17-,31-28?. The number of benzene rings is 4. The second-order valence-electron chi connectivity index (χ2n) is 7.73. The molecule has 174 valence electrons. The van der Waals surface area contributed by atoms with Crippen molar-refractivity contribution in [1.82, 2.24) is 0 Å². The average molecular weight is 519 g/mol. The van der Waals surface area contributed by atoms with Gasteiger partial charge >= 0.3 is 0 Å². The molecule has 1 fully saturated rings. The molecule has 0 saturated carbocycles. The number of hydrogen-bond acceptors (Lipinski definition) is 4. The van der Waals surface area contributed by atoms with Gasteiger partial charge in [0.15, 0.2) is 5.17 Å². The van der Waals surface area contributed by atoms with Gasteiger partial charge in [-0.15, -0.1) is 0 Å². The van der Waals surface area contributed by atoms with Crippen LogP contribution in [0.25, 0.3) is 16.8 Å². The fourth-order valence-electron chi connectivity index (χ4n) is 3.83. The molecule has 0 aromatic heterocycles. The highest BCUT2D eigenvalue weighted by molar-refractivity contribution is 8.19. The molecule has 7 heteroatoms. The second kappa shape index (κ2) is 10.2. The molecule has 0 radical (unpaired) electrons. The van der Waals surface area contributed by atoms with E-state index in [4.69, 9.17) is 32.9 Å². The van der Waals surface area contributed by atoms with Gasteiger partial charge in [-0.25, -0.2) is 4.99 Å². The van der Waals surface area contributed by atoms with Crippen LogP contribution >= 0.6 is 35.0 Å². The summed E-state index contributed by atoms with van der Waals surface area (Å²) in [5, 5.41) is 3.85. The molecule has 0 aliphatic carbocycles. The van der Waals surface area contributed by atoms with E-state index in [-0.39, 0.29) is 5.91 Å². The van der Waals surface area contributed by atoms with E-state index < -0.39 is 0 Å². The third kappa shape index (κ3) is 4.94. The van der Waals surface area contributed by atoms with E-state index in [1.807, 2.05) is 73.7 Å². The SMILES string of the molecule is CCOc1ccc2ccccc2c1/C=C1\SC(=Nc2ccc(Cl)cc2)N(c2ccc(Cl)cc2)C1=O. The molecule has 4 aromatic carbocycles. The Balaban J connectivity index is 1.64. The summed E-state index contributed by atoms with van der Waals surface area (Å²) < 4.78 is 5.91. The Morgan fingerprint density at radius 1 is 0.914 bits per heavy atom. The molecule has 1 aliphatic rings. The van der Waals surface area contributed by atoms with Crippen LogP contribution in [0.3, 0.4) is 0 Å². The first-order valence-electron chi connectivity index (χ1n) is 11.0. The molecule has 4 aromatic rings. The number of nitrogens with zero attached hydrogens (tertiary/aromatic N) is 2. The van der Waals surface area contributed by atoms with Gasteiger partial charge in [0.25, 0.3) is 5.91 Å². The minimum atomic E-state index is -0.166. The van der Waals surface area contributed by atoms with Crippen LogP contribution < -0.4 is 9.64 Å². The molecule has 0 spiro atoms. The van der Waals surface area contributed by atoms with Crippen molar-refractivity contribution in [3.8, 4) is 5.75 Å². The zero-order valence-corrected chi connectivity index (χ0v) is 21.1. The van der Waals surface area contributed by atoms with Crippen LogP contribution in [0.4, 0.5) is 11.4 Å². The van der Waals surface area contributed by atoms with Gasteiger partial charge in [0, 0.05) is 15.6 Å². The summed E-state index contributed by atoms with van der Waals surface area (Å²) in [4.78, 5) is 20.6. The van der Waals surface area contributed by atoms with Crippen molar-refractivity contribution in [2.75, 3.05) is 11.5 Å². The van der Waals surface area contributed by atoms with Gasteiger partial charge in [0.1, 0.15) is 5.75 Å². The van der Waals surface area contributed by atoms with Gasteiger partial charge in [-0.05, 0) is 90.1 Å². The largest absolute Gasteiger partial charge is 0.493 e. The number of rotatable bonds is 5. The van der Waals surface area contributed by atoms with Gasteiger partial charge in [-0.2, -0.15) is 0 Å². The number of carbonyl (C=O) groups excluding carboxylic acids is 1. The van der Waals surface area contributed by atoms with Gasteiger partial charge in [-0.3, -0.25) is 9.69 Å². The lowest BCUT2D eigenvalue weighted by Gasteiger charge is -2.15. The van der Waals surface area contributed by atoms with Crippen molar-refractivity contribution >= 4 is 74.3 Å². The molecule has 0 atom stereocenters. The molecule has 5 rings (SSSR count). The molecular formula is C28H20Cl2N2O2S. The zero-order chi connectivity index (χ0) is 24.4. The summed E-state index contributed by atoms with van der Waals surface area (Å²) in [5.74, 6) is 0.564. The molecular weight excluding hydrogens is 499 g/mol. The lowest BCUT2D eigenvalue weighted by Crippen LogP contribution is -2.28. The first-order valence-corrected chi connectivity index (χ1v) is 12.6. The lowest BCUT2D eigenvalue weighted by molar-refractivity contribution is -0.113. The fourth-order valence-corrected chi connectivity index (χ4v) is 5.06. The number of ether oxygens (including phenoxy) is 1. The van der Waals surface area contributed by atoms with E-state index in [9.17, 15) is 4.79 Å². The van der Waals surface area contributed by atoms with E-state index in [0.29, 0.717) is 38.1 Å². The van der Waals surface area contributed by atoms with Crippen LogP contribution in [0.5, 0.6) is 5.75 Å². The maximum Gasteiger partial charge on any atom is 0.271 e. The average Bonchev–Trinajstić information content (AvgIpc) is 3.17. The highest BCUT2D eigenvalue weighted by Gasteiger charge is 2.35. The summed E-state index contributed by atoms with van der Waals surface area (Å²) in [6, 6.07) is 26.4. The van der Waals surface area contributed by atoms with Crippen LogP contribution in [0.15, 0.2) is 94.8 Å². The number of carbonyl (C=O) groups is 1. The van der Waals surface area contributed by atoms with Crippen molar-refractivity contribution in [1.29, 1.82) is 0 Å². The summed E-state index contributed by atoms with van der Waals surface area (Å²) in [7, 11) is 0. The third-order valence-electron chi connectivity index (χ3n) is 5.45. The van der Waals surface area contributed by atoms with Crippen molar-refractivity contribution in [2.24, 2.45) is 4.99 Å². The Morgan fingerprint density at radius 3 is 2.31 bits per heavy atom. The molecule has 0 unspecified atom stereocenters. The number of amidine groups is 1. The molecule has 35 heavy (non-hydrogen) atoms. The van der Waals surface area contributed by atoms with Crippen LogP contribution in [0, 0.1) is 0 Å². The van der Waals surface area contributed by atoms with Crippen molar-refractivity contribution in [3.05, 3.63) is 105 Å². The minimum Gasteiger partial charge on any atom is -0.493 e. The predicted molar refractivity (Wildman–Crippen MR) is 148 cm³/mol. The van der Waals surface area contributed by atoms with Gasteiger partial charge in [0.2, 0.25) is 0 Å². The summed E-state index contributed by atoms with van der Waals surface area (Å²) in [5.41, 5.74) is 2.25. The molecule has 0 bridgehead atoms. The van der Waals surface area contributed by atoms with E-state index in [2.05, 4.69) is 0 Å². The number of thioether (sulfide) groups is 1. The fraction of sp³-hybridized carbons (Fsp3) is 0.0714. The molecule has 1 saturated heterocycles. The quantitative estimate of drug-likeness (QED) is 0.249. The van der Waals surface area contributed by atoms with Crippen LogP contribution in [-0.4, -0.2) is 17.7 Å². The number of amides is 1. The summed E-state index contributed by atoms with van der Waals surface area (Å²) >= 11 is 13.5. The lowest BCUT2D eigenvalue weighted by atomic mass is 10.0. The predicted octanol–water partition coefficient (Wildman–Crippen LogP) is 8.35. The maximum atomic E-state index is 13.7.